The molecule has 1 aromatic carbocycles. The molecule has 0 saturated heterocycles. The average molecular weight is 312 g/mol. The highest BCUT2D eigenvalue weighted by Gasteiger charge is 2.17. The van der Waals surface area contributed by atoms with Crippen molar-refractivity contribution in [2.45, 2.75) is 19.4 Å². The number of carbonyl (C=O) groups is 2. The van der Waals surface area contributed by atoms with Crippen LogP contribution in [0.5, 0.6) is 0 Å². The fourth-order valence-electron chi connectivity index (χ4n) is 1.97. The molecule has 1 atom stereocenters. The molecule has 1 unspecified atom stereocenters. The van der Waals surface area contributed by atoms with Crippen LogP contribution in [0, 0.1) is 0 Å². The van der Waals surface area contributed by atoms with Crippen LogP contribution < -0.4 is 10.6 Å². The zero-order valence-electron chi connectivity index (χ0n) is 12.6. The van der Waals surface area contributed by atoms with Gasteiger partial charge in [0.25, 0.3) is 0 Å². The second-order valence-corrected chi connectivity index (χ2v) is 5.45. The van der Waals surface area contributed by atoms with Crippen LogP contribution in [0.2, 0.25) is 5.02 Å². The molecule has 6 heteroatoms. The Morgan fingerprint density at radius 2 is 1.90 bits per heavy atom. The maximum Gasteiger partial charge on any atom is 0.221 e. The lowest BCUT2D eigenvalue weighted by Crippen LogP contribution is -2.36. The van der Waals surface area contributed by atoms with E-state index in [0.717, 1.165) is 5.56 Å². The van der Waals surface area contributed by atoms with Crippen LogP contribution in [0.15, 0.2) is 24.3 Å². The number of benzene rings is 1. The molecule has 0 aliphatic carbocycles. The molecule has 2 amide bonds. The first-order chi connectivity index (χ1) is 9.91. The highest BCUT2D eigenvalue weighted by atomic mass is 35.5. The van der Waals surface area contributed by atoms with Gasteiger partial charge in [0.1, 0.15) is 0 Å². The Kier molecular flexibility index (Phi) is 7.19. The Morgan fingerprint density at radius 3 is 2.48 bits per heavy atom. The monoisotopic (exact) mass is 311 g/mol. The maximum absolute atomic E-state index is 11.8. The highest BCUT2D eigenvalue weighted by molar-refractivity contribution is 6.31. The van der Waals surface area contributed by atoms with Gasteiger partial charge in [-0.25, -0.2) is 0 Å². The quantitative estimate of drug-likeness (QED) is 0.804. The van der Waals surface area contributed by atoms with E-state index in [9.17, 15) is 9.59 Å². The Labute approximate surface area is 130 Å². The summed E-state index contributed by atoms with van der Waals surface area (Å²) in [5.41, 5.74) is 0.978. The summed E-state index contributed by atoms with van der Waals surface area (Å²) in [6.45, 7) is 2.24. The van der Waals surface area contributed by atoms with Gasteiger partial charge in [0.15, 0.2) is 0 Å². The minimum absolute atomic E-state index is 0.00316. The first-order valence-electron chi connectivity index (χ1n) is 6.83. The molecule has 1 rings (SSSR count). The molecule has 0 spiro atoms. The van der Waals surface area contributed by atoms with E-state index in [1.165, 1.54) is 6.92 Å². The normalized spacial score (nSPS) is 12.0. The van der Waals surface area contributed by atoms with Crippen LogP contribution in [-0.4, -0.2) is 43.9 Å². The molecule has 21 heavy (non-hydrogen) atoms. The van der Waals surface area contributed by atoms with E-state index < -0.39 is 0 Å². The number of nitrogens with zero attached hydrogens (tertiary/aromatic N) is 1. The zero-order chi connectivity index (χ0) is 15.8. The summed E-state index contributed by atoms with van der Waals surface area (Å²) in [6, 6.07) is 7.60. The van der Waals surface area contributed by atoms with Gasteiger partial charge in [-0.1, -0.05) is 29.8 Å². The third-order valence-corrected chi connectivity index (χ3v) is 3.45. The smallest absolute Gasteiger partial charge is 0.221 e. The molecule has 0 aliphatic heterocycles. The maximum atomic E-state index is 11.8. The lowest BCUT2D eigenvalue weighted by atomic mass is 10.1. The second-order valence-electron chi connectivity index (χ2n) is 5.04. The molecule has 0 bridgehead atoms. The average Bonchev–Trinajstić information content (AvgIpc) is 2.40. The van der Waals surface area contributed by atoms with E-state index in [0.29, 0.717) is 18.1 Å². The van der Waals surface area contributed by atoms with Gasteiger partial charge in [0.05, 0.1) is 6.04 Å². The summed E-state index contributed by atoms with van der Waals surface area (Å²) in [5.74, 6) is -0.229. The van der Waals surface area contributed by atoms with Crippen molar-refractivity contribution in [3.05, 3.63) is 34.9 Å². The topological polar surface area (TPSA) is 61.4 Å². The van der Waals surface area contributed by atoms with E-state index in [2.05, 4.69) is 10.6 Å². The zero-order valence-corrected chi connectivity index (χ0v) is 13.4. The molecule has 5 nitrogen and oxygen atoms in total. The van der Waals surface area contributed by atoms with Crippen molar-refractivity contribution in [1.29, 1.82) is 0 Å². The SMILES string of the molecule is CC(=O)NCCC(=O)NCC(c1ccccc1Cl)N(C)C. The fraction of sp³-hybridized carbons (Fsp3) is 0.467. The Balaban J connectivity index is 2.55. The largest absolute Gasteiger partial charge is 0.356 e. The third kappa shape index (κ3) is 6.14. The molecule has 0 saturated carbocycles. The van der Waals surface area contributed by atoms with Gasteiger partial charge in [0, 0.05) is 31.5 Å². The summed E-state index contributed by atoms with van der Waals surface area (Å²) >= 11 is 6.21. The summed E-state index contributed by atoms with van der Waals surface area (Å²) in [4.78, 5) is 24.5. The standard InChI is InChI=1S/C15H22ClN3O2/c1-11(20)17-9-8-15(21)18-10-14(19(2)3)12-6-4-5-7-13(12)16/h4-7,14H,8-10H2,1-3H3,(H,17,20)(H,18,21). The Bertz CT molecular complexity index is 492. The Hall–Kier alpha value is -1.59. The number of hydrogen-bond donors (Lipinski definition) is 2. The van der Waals surface area contributed by atoms with Crippen LogP contribution in [-0.2, 0) is 9.59 Å². The third-order valence-electron chi connectivity index (χ3n) is 3.11. The fourth-order valence-corrected chi connectivity index (χ4v) is 2.23. The molecule has 0 radical (unpaired) electrons. The van der Waals surface area contributed by atoms with Crippen LogP contribution in [0.4, 0.5) is 0 Å². The number of halogens is 1. The second kappa shape index (κ2) is 8.64. The first kappa shape index (κ1) is 17.5. The van der Waals surface area contributed by atoms with Crippen molar-refractivity contribution in [3.63, 3.8) is 0 Å². The van der Waals surface area contributed by atoms with E-state index in [-0.39, 0.29) is 24.3 Å². The Morgan fingerprint density at radius 1 is 1.24 bits per heavy atom. The number of likely N-dealkylation sites (N-methyl/N-ethyl adjacent to an activating group) is 1. The molecule has 116 valence electrons. The van der Waals surface area contributed by atoms with Gasteiger partial charge >= 0.3 is 0 Å². The van der Waals surface area contributed by atoms with Crippen molar-refractivity contribution in [2.24, 2.45) is 0 Å². The van der Waals surface area contributed by atoms with Crippen LogP contribution in [0.25, 0.3) is 0 Å². The predicted molar refractivity (Wildman–Crippen MR) is 84.2 cm³/mol. The minimum atomic E-state index is -0.134. The van der Waals surface area contributed by atoms with Crippen molar-refractivity contribution < 1.29 is 9.59 Å². The van der Waals surface area contributed by atoms with Gasteiger partial charge in [-0.05, 0) is 25.7 Å². The molecule has 1 aromatic rings. The van der Waals surface area contributed by atoms with Gasteiger partial charge in [-0.15, -0.1) is 0 Å². The van der Waals surface area contributed by atoms with E-state index in [4.69, 9.17) is 11.6 Å². The van der Waals surface area contributed by atoms with Gasteiger partial charge in [-0.3, -0.25) is 9.59 Å². The van der Waals surface area contributed by atoms with E-state index in [1.54, 1.807) is 0 Å². The van der Waals surface area contributed by atoms with Crippen molar-refractivity contribution in [1.82, 2.24) is 15.5 Å². The number of rotatable bonds is 7. The molecule has 0 fully saturated rings. The lowest BCUT2D eigenvalue weighted by Gasteiger charge is -2.26. The van der Waals surface area contributed by atoms with Crippen molar-refractivity contribution >= 4 is 23.4 Å². The first-order valence-corrected chi connectivity index (χ1v) is 7.21. The molecule has 2 N–H and O–H groups in total. The highest BCUT2D eigenvalue weighted by Crippen LogP contribution is 2.25. The predicted octanol–water partition coefficient (Wildman–Crippen LogP) is 1.59. The number of carbonyl (C=O) groups excluding carboxylic acids is 2. The van der Waals surface area contributed by atoms with Gasteiger partial charge in [0.2, 0.25) is 11.8 Å². The summed E-state index contributed by atoms with van der Waals surface area (Å²) in [5, 5.41) is 6.15. The molecule has 0 aliphatic rings. The van der Waals surface area contributed by atoms with E-state index in [1.807, 2.05) is 43.3 Å². The summed E-state index contributed by atoms with van der Waals surface area (Å²) in [6.07, 6.45) is 0.266. The van der Waals surface area contributed by atoms with Gasteiger partial charge < -0.3 is 15.5 Å². The van der Waals surface area contributed by atoms with Crippen LogP contribution >= 0.6 is 11.6 Å². The number of amides is 2. The molecular weight excluding hydrogens is 290 g/mol. The lowest BCUT2D eigenvalue weighted by molar-refractivity contribution is -0.121. The van der Waals surface area contributed by atoms with Crippen molar-refractivity contribution in [2.75, 3.05) is 27.2 Å². The van der Waals surface area contributed by atoms with Crippen LogP contribution in [0.3, 0.4) is 0 Å². The molecular formula is C15H22ClN3O2. The minimum Gasteiger partial charge on any atom is -0.356 e. The summed E-state index contributed by atoms with van der Waals surface area (Å²) < 4.78 is 0. The van der Waals surface area contributed by atoms with E-state index >= 15 is 0 Å². The van der Waals surface area contributed by atoms with Gasteiger partial charge in [-0.2, -0.15) is 0 Å². The summed E-state index contributed by atoms with van der Waals surface area (Å²) in [7, 11) is 3.88. The van der Waals surface area contributed by atoms with Crippen LogP contribution in [0.1, 0.15) is 24.9 Å². The molecule has 0 heterocycles. The van der Waals surface area contributed by atoms with Crippen molar-refractivity contribution in [3.8, 4) is 0 Å². The number of hydrogen-bond acceptors (Lipinski definition) is 3. The number of nitrogens with one attached hydrogen (secondary N) is 2. The molecule has 0 aromatic heterocycles.